The first-order valence-electron chi connectivity index (χ1n) is 9.03. The molecular formula is C21H22N4O2. The predicted octanol–water partition coefficient (Wildman–Crippen LogP) is 3.12. The Balaban J connectivity index is 1.44. The normalized spacial score (nSPS) is 14.3. The fourth-order valence-corrected chi connectivity index (χ4v) is 3.10. The zero-order valence-electron chi connectivity index (χ0n) is 15.0. The minimum absolute atomic E-state index is 0.0472. The summed E-state index contributed by atoms with van der Waals surface area (Å²) in [7, 11) is 0. The highest BCUT2D eigenvalue weighted by Crippen LogP contribution is 2.19. The summed E-state index contributed by atoms with van der Waals surface area (Å²) in [5.74, 6) is -0.0151. The van der Waals surface area contributed by atoms with Crippen molar-refractivity contribution in [1.29, 1.82) is 5.26 Å². The molecule has 27 heavy (non-hydrogen) atoms. The molecule has 0 spiro atoms. The van der Waals surface area contributed by atoms with Gasteiger partial charge in [0.25, 0.3) is 0 Å². The van der Waals surface area contributed by atoms with Gasteiger partial charge in [-0.3, -0.25) is 4.79 Å². The van der Waals surface area contributed by atoms with Gasteiger partial charge in [-0.2, -0.15) is 5.26 Å². The molecule has 0 saturated carbocycles. The number of urea groups is 1. The molecule has 1 aliphatic heterocycles. The topological polar surface area (TPSA) is 85.2 Å². The number of amides is 3. The Morgan fingerprint density at radius 1 is 1.04 bits per heavy atom. The molecule has 3 rings (SSSR count). The van der Waals surface area contributed by atoms with Gasteiger partial charge in [-0.05, 0) is 42.7 Å². The van der Waals surface area contributed by atoms with Gasteiger partial charge >= 0.3 is 6.03 Å². The van der Waals surface area contributed by atoms with E-state index in [1.54, 1.807) is 29.2 Å². The van der Waals surface area contributed by atoms with E-state index in [-0.39, 0.29) is 17.9 Å². The minimum atomic E-state index is -0.178. The molecule has 0 atom stereocenters. The number of piperidine rings is 1. The van der Waals surface area contributed by atoms with Gasteiger partial charge in [0.1, 0.15) is 0 Å². The van der Waals surface area contributed by atoms with E-state index in [4.69, 9.17) is 5.26 Å². The Bertz CT molecular complexity index is 820. The van der Waals surface area contributed by atoms with Crippen LogP contribution in [0.4, 0.5) is 10.5 Å². The Morgan fingerprint density at radius 3 is 2.33 bits per heavy atom. The fourth-order valence-electron chi connectivity index (χ4n) is 3.10. The van der Waals surface area contributed by atoms with E-state index in [9.17, 15) is 9.59 Å². The van der Waals surface area contributed by atoms with E-state index < -0.39 is 0 Å². The van der Waals surface area contributed by atoms with Crippen molar-refractivity contribution in [2.24, 2.45) is 5.92 Å². The smallest absolute Gasteiger partial charge is 0.321 e. The lowest BCUT2D eigenvalue weighted by atomic mass is 9.96. The van der Waals surface area contributed by atoms with Crippen molar-refractivity contribution >= 4 is 17.6 Å². The second-order valence-electron chi connectivity index (χ2n) is 6.58. The maximum atomic E-state index is 12.4. The SMILES string of the molecule is N#Cc1ccc(NC(=O)N2CCC(C(=O)NCc3ccccc3)CC2)cc1. The molecule has 1 aliphatic rings. The lowest BCUT2D eigenvalue weighted by Crippen LogP contribution is -2.44. The maximum Gasteiger partial charge on any atom is 0.321 e. The van der Waals surface area contributed by atoms with Crippen LogP contribution in [-0.2, 0) is 11.3 Å². The number of nitriles is 1. The molecule has 6 heteroatoms. The van der Waals surface area contributed by atoms with E-state index in [0.717, 1.165) is 5.56 Å². The molecule has 2 aromatic carbocycles. The molecule has 0 unspecified atom stereocenters. The molecule has 138 valence electrons. The van der Waals surface area contributed by atoms with E-state index >= 15 is 0 Å². The second kappa shape index (κ2) is 8.86. The van der Waals surface area contributed by atoms with Crippen LogP contribution in [-0.4, -0.2) is 29.9 Å². The lowest BCUT2D eigenvalue weighted by Gasteiger charge is -2.31. The van der Waals surface area contributed by atoms with Crippen LogP contribution in [0.3, 0.4) is 0 Å². The molecule has 1 fully saturated rings. The van der Waals surface area contributed by atoms with Crippen molar-refractivity contribution in [3.8, 4) is 6.07 Å². The monoisotopic (exact) mass is 362 g/mol. The average Bonchev–Trinajstić information content (AvgIpc) is 2.73. The lowest BCUT2D eigenvalue weighted by molar-refractivity contribution is -0.126. The average molecular weight is 362 g/mol. The summed E-state index contributed by atoms with van der Waals surface area (Å²) in [6.45, 7) is 1.62. The van der Waals surface area contributed by atoms with Crippen molar-refractivity contribution in [2.75, 3.05) is 18.4 Å². The summed E-state index contributed by atoms with van der Waals surface area (Å²) >= 11 is 0. The number of nitrogens with zero attached hydrogens (tertiary/aromatic N) is 2. The van der Waals surface area contributed by atoms with Gasteiger partial charge in [0.05, 0.1) is 11.6 Å². The van der Waals surface area contributed by atoms with Crippen LogP contribution in [0.5, 0.6) is 0 Å². The zero-order chi connectivity index (χ0) is 19.1. The van der Waals surface area contributed by atoms with Crippen molar-refractivity contribution in [3.63, 3.8) is 0 Å². The van der Waals surface area contributed by atoms with E-state index in [1.165, 1.54) is 0 Å². The van der Waals surface area contributed by atoms with Gasteiger partial charge < -0.3 is 15.5 Å². The number of carbonyl (C=O) groups is 2. The van der Waals surface area contributed by atoms with Crippen LogP contribution >= 0.6 is 0 Å². The first-order chi connectivity index (χ1) is 13.2. The van der Waals surface area contributed by atoms with Gasteiger partial charge in [-0.1, -0.05) is 30.3 Å². The molecule has 0 aliphatic carbocycles. The fraction of sp³-hybridized carbons (Fsp3) is 0.286. The number of hydrogen-bond acceptors (Lipinski definition) is 3. The Kier molecular flexibility index (Phi) is 6.06. The maximum absolute atomic E-state index is 12.4. The highest BCUT2D eigenvalue weighted by atomic mass is 16.2. The molecule has 2 N–H and O–H groups in total. The number of nitrogens with one attached hydrogen (secondary N) is 2. The first kappa shape index (κ1) is 18.5. The summed E-state index contributed by atoms with van der Waals surface area (Å²) in [6, 6.07) is 18.4. The zero-order valence-corrected chi connectivity index (χ0v) is 15.0. The van der Waals surface area contributed by atoms with Gasteiger partial charge in [-0.25, -0.2) is 4.79 Å². The standard InChI is InChI=1S/C21H22N4O2/c22-14-16-6-8-19(9-7-16)24-21(27)25-12-10-18(11-13-25)20(26)23-15-17-4-2-1-3-5-17/h1-9,18H,10-13,15H2,(H,23,26)(H,24,27). The van der Waals surface area contributed by atoms with Crippen LogP contribution in [0.2, 0.25) is 0 Å². The second-order valence-corrected chi connectivity index (χ2v) is 6.58. The number of carbonyl (C=O) groups excluding carboxylic acids is 2. The van der Waals surface area contributed by atoms with Gasteiger partial charge in [0, 0.05) is 31.2 Å². The van der Waals surface area contributed by atoms with Crippen molar-refractivity contribution in [3.05, 3.63) is 65.7 Å². The quantitative estimate of drug-likeness (QED) is 0.876. The van der Waals surface area contributed by atoms with Crippen molar-refractivity contribution in [2.45, 2.75) is 19.4 Å². The third-order valence-electron chi connectivity index (χ3n) is 4.73. The summed E-state index contributed by atoms with van der Waals surface area (Å²) in [6.07, 6.45) is 1.31. The number of hydrogen-bond donors (Lipinski definition) is 2. The highest BCUT2D eigenvalue weighted by molar-refractivity contribution is 5.89. The Hall–Kier alpha value is -3.33. The Labute approximate surface area is 158 Å². The third kappa shape index (κ3) is 5.08. The number of anilines is 1. The Morgan fingerprint density at radius 2 is 1.70 bits per heavy atom. The van der Waals surface area contributed by atoms with Crippen LogP contribution in [0.25, 0.3) is 0 Å². The van der Waals surface area contributed by atoms with Crippen molar-refractivity contribution < 1.29 is 9.59 Å². The largest absolute Gasteiger partial charge is 0.352 e. The number of benzene rings is 2. The number of rotatable bonds is 4. The molecule has 6 nitrogen and oxygen atoms in total. The van der Waals surface area contributed by atoms with Gasteiger partial charge in [-0.15, -0.1) is 0 Å². The predicted molar refractivity (Wildman–Crippen MR) is 103 cm³/mol. The molecule has 3 amide bonds. The van der Waals surface area contributed by atoms with Crippen LogP contribution in [0.1, 0.15) is 24.0 Å². The van der Waals surface area contributed by atoms with E-state index in [2.05, 4.69) is 10.6 Å². The molecule has 1 saturated heterocycles. The van der Waals surface area contributed by atoms with Gasteiger partial charge in [0.15, 0.2) is 0 Å². The number of likely N-dealkylation sites (tertiary alicyclic amines) is 1. The minimum Gasteiger partial charge on any atom is -0.352 e. The highest BCUT2D eigenvalue weighted by Gasteiger charge is 2.27. The van der Waals surface area contributed by atoms with Gasteiger partial charge in [0.2, 0.25) is 5.91 Å². The molecule has 1 heterocycles. The molecule has 0 bridgehead atoms. The van der Waals surface area contributed by atoms with Crippen LogP contribution in [0, 0.1) is 17.2 Å². The van der Waals surface area contributed by atoms with Crippen molar-refractivity contribution in [1.82, 2.24) is 10.2 Å². The van der Waals surface area contributed by atoms with Crippen LogP contribution < -0.4 is 10.6 Å². The van der Waals surface area contributed by atoms with E-state index in [1.807, 2.05) is 36.4 Å². The molecule has 2 aromatic rings. The third-order valence-corrected chi connectivity index (χ3v) is 4.73. The molecule has 0 radical (unpaired) electrons. The molecule has 0 aromatic heterocycles. The summed E-state index contributed by atoms with van der Waals surface area (Å²) in [5.41, 5.74) is 2.28. The first-order valence-corrected chi connectivity index (χ1v) is 9.03. The summed E-state index contributed by atoms with van der Waals surface area (Å²) in [4.78, 5) is 26.4. The molecular weight excluding hydrogens is 340 g/mol. The summed E-state index contributed by atoms with van der Waals surface area (Å²) < 4.78 is 0. The van der Waals surface area contributed by atoms with E-state index in [0.29, 0.717) is 43.7 Å². The summed E-state index contributed by atoms with van der Waals surface area (Å²) in [5, 5.41) is 14.6. The van der Waals surface area contributed by atoms with Crippen LogP contribution in [0.15, 0.2) is 54.6 Å².